The van der Waals surface area contributed by atoms with Crippen LogP contribution in [0, 0.1) is 0 Å². The fraction of sp³-hybridized carbons (Fsp3) is 0.154. The monoisotopic (exact) mass is 409 g/mol. The summed E-state index contributed by atoms with van der Waals surface area (Å²) in [6.45, 7) is 2.12. The summed E-state index contributed by atoms with van der Waals surface area (Å²) in [6, 6.07) is 27.3. The van der Waals surface area contributed by atoms with Crippen LogP contribution in [0.3, 0.4) is 0 Å². The first-order valence-electron chi connectivity index (χ1n) is 10.5. The van der Waals surface area contributed by atoms with Crippen LogP contribution < -0.4 is 11.1 Å². The molecule has 4 rings (SSSR count). The van der Waals surface area contributed by atoms with Crippen molar-refractivity contribution in [2.45, 2.75) is 19.5 Å². The Hall–Kier alpha value is -3.86. The lowest BCUT2D eigenvalue weighted by Crippen LogP contribution is -2.33. The molecule has 5 nitrogen and oxygen atoms in total. The summed E-state index contributed by atoms with van der Waals surface area (Å²) < 4.78 is 2.06. The molecule has 1 heterocycles. The van der Waals surface area contributed by atoms with Gasteiger partial charge < -0.3 is 15.6 Å². The van der Waals surface area contributed by atoms with Crippen molar-refractivity contribution in [3.05, 3.63) is 114 Å². The molecular weight excluding hydrogens is 382 g/mol. The van der Waals surface area contributed by atoms with Crippen LogP contribution in [-0.4, -0.2) is 22.1 Å². The normalized spacial score (nSPS) is 11.4. The molecule has 3 aromatic carbocycles. The second kappa shape index (κ2) is 10.3. The molecule has 0 radical (unpaired) electrons. The second-order valence-corrected chi connectivity index (χ2v) is 7.45. The van der Waals surface area contributed by atoms with E-state index < -0.39 is 0 Å². The molecule has 0 fully saturated rings. The first kappa shape index (κ1) is 20.4. The summed E-state index contributed by atoms with van der Waals surface area (Å²) in [5.74, 6) is 0.474. The lowest BCUT2D eigenvalue weighted by Gasteiger charge is -2.10. The van der Waals surface area contributed by atoms with Crippen LogP contribution in [0.25, 0.3) is 11.1 Å². The van der Waals surface area contributed by atoms with Gasteiger partial charge in [0.1, 0.15) is 0 Å². The van der Waals surface area contributed by atoms with E-state index in [-0.39, 0.29) is 0 Å². The SMILES string of the molecule is NC(=NCc1ccccc1-c1ccc(Cn2ccnc2)cc1)NCCc1ccccc1. The molecule has 0 unspecified atom stereocenters. The maximum Gasteiger partial charge on any atom is 0.188 e. The van der Waals surface area contributed by atoms with Crippen molar-refractivity contribution in [1.29, 1.82) is 0 Å². The first-order valence-corrected chi connectivity index (χ1v) is 10.5. The Kier molecular flexibility index (Phi) is 6.75. The minimum Gasteiger partial charge on any atom is -0.370 e. The van der Waals surface area contributed by atoms with E-state index in [2.05, 4.69) is 74.5 Å². The maximum atomic E-state index is 6.09. The number of nitrogens with one attached hydrogen (secondary N) is 1. The third-order valence-electron chi connectivity index (χ3n) is 5.19. The van der Waals surface area contributed by atoms with Crippen molar-refractivity contribution in [2.75, 3.05) is 6.54 Å². The molecule has 0 aliphatic rings. The molecule has 0 amide bonds. The number of hydrogen-bond acceptors (Lipinski definition) is 2. The summed E-state index contributed by atoms with van der Waals surface area (Å²) in [6.07, 6.45) is 6.52. The van der Waals surface area contributed by atoms with Gasteiger partial charge in [0.2, 0.25) is 0 Å². The average Bonchev–Trinajstić information content (AvgIpc) is 3.32. The Bertz CT molecular complexity index is 1100. The zero-order valence-corrected chi connectivity index (χ0v) is 17.5. The van der Waals surface area contributed by atoms with Crippen LogP contribution in [-0.2, 0) is 19.5 Å². The summed E-state index contributed by atoms with van der Waals surface area (Å²) >= 11 is 0. The van der Waals surface area contributed by atoms with E-state index in [0.717, 1.165) is 25.1 Å². The van der Waals surface area contributed by atoms with Crippen LogP contribution >= 0.6 is 0 Å². The number of guanidine groups is 1. The van der Waals surface area contributed by atoms with Gasteiger partial charge in [-0.1, -0.05) is 78.9 Å². The molecule has 5 heteroatoms. The third kappa shape index (κ3) is 5.82. The highest BCUT2D eigenvalue weighted by atomic mass is 15.1. The molecular formula is C26H27N5. The van der Waals surface area contributed by atoms with Crippen LogP contribution in [0.4, 0.5) is 0 Å². The van der Waals surface area contributed by atoms with Crippen LogP contribution in [0.15, 0.2) is 103 Å². The molecule has 0 bridgehead atoms. The van der Waals surface area contributed by atoms with E-state index in [9.17, 15) is 0 Å². The van der Waals surface area contributed by atoms with E-state index in [1.807, 2.05) is 36.8 Å². The third-order valence-corrected chi connectivity index (χ3v) is 5.19. The lowest BCUT2D eigenvalue weighted by molar-refractivity contribution is 0.797. The number of aromatic nitrogens is 2. The van der Waals surface area contributed by atoms with Crippen molar-refractivity contribution in [1.82, 2.24) is 14.9 Å². The van der Waals surface area contributed by atoms with E-state index in [1.54, 1.807) is 6.20 Å². The van der Waals surface area contributed by atoms with Crippen molar-refractivity contribution in [3.8, 4) is 11.1 Å². The molecule has 0 saturated carbocycles. The smallest absolute Gasteiger partial charge is 0.188 e. The minimum absolute atomic E-state index is 0.474. The summed E-state index contributed by atoms with van der Waals surface area (Å²) in [5, 5.41) is 3.21. The van der Waals surface area contributed by atoms with E-state index >= 15 is 0 Å². The number of rotatable bonds is 8. The largest absolute Gasteiger partial charge is 0.370 e. The topological polar surface area (TPSA) is 68.2 Å². The maximum absolute atomic E-state index is 6.09. The molecule has 0 aliphatic heterocycles. The predicted molar refractivity (Wildman–Crippen MR) is 127 cm³/mol. The van der Waals surface area contributed by atoms with Gasteiger partial charge in [-0.15, -0.1) is 0 Å². The first-order chi connectivity index (χ1) is 15.3. The highest BCUT2D eigenvalue weighted by molar-refractivity contribution is 5.78. The van der Waals surface area contributed by atoms with Crippen LogP contribution in [0.1, 0.15) is 16.7 Å². The Morgan fingerprint density at radius 1 is 0.903 bits per heavy atom. The molecule has 0 saturated heterocycles. The molecule has 3 N–H and O–H groups in total. The summed E-state index contributed by atoms with van der Waals surface area (Å²) in [5.41, 5.74) is 12.1. The van der Waals surface area contributed by atoms with Gasteiger partial charge in [0, 0.05) is 25.5 Å². The van der Waals surface area contributed by atoms with Gasteiger partial charge in [0.05, 0.1) is 12.9 Å². The minimum atomic E-state index is 0.474. The molecule has 156 valence electrons. The number of nitrogens with two attached hydrogens (primary N) is 1. The molecule has 0 aliphatic carbocycles. The fourth-order valence-electron chi connectivity index (χ4n) is 3.53. The van der Waals surface area contributed by atoms with E-state index in [4.69, 9.17) is 5.73 Å². The Morgan fingerprint density at radius 3 is 2.45 bits per heavy atom. The summed E-state index contributed by atoms with van der Waals surface area (Å²) in [7, 11) is 0. The Morgan fingerprint density at radius 2 is 1.68 bits per heavy atom. The Labute approximate surface area is 183 Å². The zero-order chi connectivity index (χ0) is 21.3. The van der Waals surface area contributed by atoms with Gasteiger partial charge >= 0.3 is 0 Å². The molecule has 0 atom stereocenters. The predicted octanol–water partition coefficient (Wildman–Crippen LogP) is 4.25. The van der Waals surface area contributed by atoms with Gasteiger partial charge in [-0.05, 0) is 34.2 Å². The fourth-order valence-corrected chi connectivity index (χ4v) is 3.53. The van der Waals surface area contributed by atoms with Crippen molar-refractivity contribution in [2.24, 2.45) is 10.7 Å². The number of nitrogens with zero attached hydrogens (tertiary/aromatic N) is 3. The zero-order valence-electron chi connectivity index (χ0n) is 17.5. The standard InChI is InChI=1S/C26H27N5/c27-26(29-15-14-21-6-2-1-3-7-21)30-18-24-8-4-5-9-25(24)23-12-10-22(11-13-23)19-31-17-16-28-20-31/h1-13,16-17,20H,14-15,18-19H2,(H3,27,29,30). The van der Waals surface area contributed by atoms with Gasteiger partial charge in [0.15, 0.2) is 5.96 Å². The van der Waals surface area contributed by atoms with Gasteiger partial charge in [-0.25, -0.2) is 9.98 Å². The van der Waals surface area contributed by atoms with E-state index in [1.165, 1.54) is 22.3 Å². The molecule has 31 heavy (non-hydrogen) atoms. The van der Waals surface area contributed by atoms with Gasteiger partial charge in [-0.3, -0.25) is 0 Å². The molecule has 1 aromatic heterocycles. The summed E-state index contributed by atoms with van der Waals surface area (Å²) in [4.78, 5) is 8.65. The van der Waals surface area contributed by atoms with Crippen molar-refractivity contribution in [3.63, 3.8) is 0 Å². The van der Waals surface area contributed by atoms with Crippen LogP contribution in [0.5, 0.6) is 0 Å². The molecule has 0 spiro atoms. The van der Waals surface area contributed by atoms with Crippen molar-refractivity contribution < 1.29 is 0 Å². The number of hydrogen-bond donors (Lipinski definition) is 2. The highest BCUT2D eigenvalue weighted by Crippen LogP contribution is 2.25. The van der Waals surface area contributed by atoms with Gasteiger partial charge in [-0.2, -0.15) is 0 Å². The number of aliphatic imine (C=N–C) groups is 1. The van der Waals surface area contributed by atoms with E-state index in [0.29, 0.717) is 12.5 Å². The second-order valence-electron chi connectivity index (χ2n) is 7.45. The van der Waals surface area contributed by atoms with Crippen LogP contribution in [0.2, 0.25) is 0 Å². The average molecular weight is 410 g/mol. The Balaban J connectivity index is 1.38. The van der Waals surface area contributed by atoms with Crippen molar-refractivity contribution >= 4 is 5.96 Å². The lowest BCUT2D eigenvalue weighted by atomic mass is 9.98. The quantitative estimate of drug-likeness (QED) is 0.338. The number of benzene rings is 3. The number of imidazole rings is 1. The van der Waals surface area contributed by atoms with Gasteiger partial charge in [0.25, 0.3) is 0 Å². The highest BCUT2D eigenvalue weighted by Gasteiger charge is 2.05. The molecule has 4 aromatic rings.